The molecule has 0 saturated carbocycles. The molecule has 0 N–H and O–H groups in total. The van der Waals surface area contributed by atoms with E-state index in [9.17, 15) is 0 Å². The first-order valence-corrected chi connectivity index (χ1v) is 3.01. The van der Waals surface area contributed by atoms with Crippen LogP contribution in [0.5, 0.6) is 0 Å². The van der Waals surface area contributed by atoms with Crippen LogP contribution in [0.15, 0.2) is 12.7 Å². The van der Waals surface area contributed by atoms with Crippen LogP contribution >= 0.6 is 11.6 Å². The molecule has 0 aliphatic carbocycles. The van der Waals surface area contributed by atoms with E-state index in [1.54, 1.807) is 6.08 Å². The van der Waals surface area contributed by atoms with Gasteiger partial charge in [-0.3, -0.25) is 0 Å². The highest BCUT2D eigenvalue weighted by Crippen LogP contribution is 1.88. The van der Waals surface area contributed by atoms with E-state index < -0.39 is 0 Å². The Bertz CT molecular complexity index is 132. The van der Waals surface area contributed by atoms with Crippen LogP contribution in [0, 0.1) is 11.3 Å². The molecule has 50 valence electrons. The molecule has 0 aromatic rings. The summed E-state index contributed by atoms with van der Waals surface area (Å²) in [6.07, 6.45) is 1.76. The fourth-order valence-electron chi connectivity index (χ4n) is 0.268. The van der Waals surface area contributed by atoms with Crippen molar-refractivity contribution in [3.8, 4) is 11.3 Å². The number of rotatable bonds is 3. The number of hydrogen-bond donors (Lipinski definition) is 0. The number of hydrogen-bond acceptors (Lipinski definition) is 1. The molecule has 0 amide bonds. The highest BCUT2D eigenvalue weighted by atomic mass is 35.5. The number of ether oxygens (including phenoxy) is 1. The van der Waals surface area contributed by atoms with Crippen molar-refractivity contribution in [2.24, 2.45) is 0 Å². The van der Waals surface area contributed by atoms with Crippen molar-refractivity contribution in [3.05, 3.63) is 12.7 Å². The first-order valence-electron chi connectivity index (χ1n) is 2.64. The molecule has 0 radical (unpaired) electrons. The Morgan fingerprint density at radius 3 is 3.00 bits per heavy atom. The molecule has 0 aromatic heterocycles. The molecule has 0 aliphatic rings. The minimum Gasteiger partial charge on any atom is -0.362 e. The molecule has 0 aromatic carbocycles. The van der Waals surface area contributed by atoms with Gasteiger partial charge in [-0.1, -0.05) is 12.0 Å². The van der Waals surface area contributed by atoms with E-state index in [4.69, 9.17) is 16.3 Å². The van der Waals surface area contributed by atoms with Crippen LogP contribution in [-0.2, 0) is 4.74 Å². The molecule has 1 atom stereocenters. The molecular weight excluding hydrogens is 136 g/mol. The summed E-state index contributed by atoms with van der Waals surface area (Å²) in [6, 6.07) is 0. The summed E-state index contributed by atoms with van der Waals surface area (Å²) in [7, 11) is 0. The van der Waals surface area contributed by atoms with Gasteiger partial charge in [-0.05, 0) is 18.5 Å². The maximum atomic E-state index is 5.06. The third kappa shape index (κ3) is 5.42. The minimum atomic E-state index is 0.0579. The van der Waals surface area contributed by atoms with Crippen molar-refractivity contribution >= 4 is 11.6 Å². The van der Waals surface area contributed by atoms with Gasteiger partial charge in [0.15, 0.2) is 0 Å². The van der Waals surface area contributed by atoms with Gasteiger partial charge in [0.25, 0.3) is 0 Å². The van der Waals surface area contributed by atoms with Crippen LogP contribution in [0.3, 0.4) is 0 Å². The maximum absolute atomic E-state index is 5.06. The summed E-state index contributed by atoms with van der Waals surface area (Å²) in [4.78, 5) is 0. The molecule has 0 aliphatic heterocycles. The van der Waals surface area contributed by atoms with E-state index in [2.05, 4.69) is 17.9 Å². The van der Waals surface area contributed by atoms with E-state index >= 15 is 0 Å². The van der Waals surface area contributed by atoms with Gasteiger partial charge < -0.3 is 4.74 Å². The zero-order chi connectivity index (χ0) is 7.11. The molecule has 0 spiro atoms. The molecule has 9 heavy (non-hydrogen) atoms. The zero-order valence-electron chi connectivity index (χ0n) is 5.36. The molecule has 1 nitrogen and oxygen atoms in total. The zero-order valence-corrected chi connectivity index (χ0v) is 6.11. The van der Waals surface area contributed by atoms with Gasteiger partial charge in [-0.25, -0.2) is 0 Å². The second kappa shape index (κ2) is 5.68. The Morgan fingerprint density at radius 1 is 1.89 bits per heavy atom. The van der Waals surface area contributed by atoms with Crippen LogP contribution in [0.2, 0.25) is 0 Å². The van der Waals surface area contributed by atoms with Crippen LogP contribution in [0.4, 0.5) is 0 Å². The van der Waals surface area contributed by atoms with Crippen LogP contribution in [0.25, 0.3) is 0 Å². The van der Waals surface area contributed by atoms with Gasteiger partial charge in [-0.15, -0.1) is 6.58 Å². The molecule has 0 bridgehead atoms. The van der Waals surface area contributed by atoms with E-state index in [1.165, 1.54) is 0 Å². The Hall–Kier alpha value is -0.450. The quantitative estimate of drug-likeness (QED) is 0.434. The first-order chi connectivity index (χ1) is 4.31. The predicted molar refractivity (Wildman–Crippen MR) is 39.2 cm³/mol. The van der Waals surface area contributed by atoms with Gasteiger partial charge in [0.05, 0.1) is 6.10 Å². The molecule has 0 fully saturated rings. The normalized spacial score (nSPS) is 11.3. The van der Waals surface area contributed by atoms with Crippen molar-refractivity contribution in [1.82, 2.24) is 0 Å². The summed E-state index contributed by atoms with van der Waals surface area (Å²) in [5, 5.41) is 2.21. The fraction of sp³-hybridized carbons (Fsp3) is 0.429. The second-order valence-corrected chi connectivity index (χ2v) is 1.71. The summed E-state index contributed by atoms with van der Waals surface area (Å²) >= 11 is 5.06. The molecule has 0 heterocycles. The average molecular weight is 145 g/mol. The third-order valence-corrected chi connectivity index (χ3v) is 0.951. The lowest BCUT2D eigenvalue weighted by Gasteiger charge is -2.01. The van der Waals surface area contributed by atoms with E-state index in [-0.39, 0.29) is 6.10 Å². The van der Waals surface area contributed by atoms with Crippen molar-refractivity contribution in [1.29, 1.82) is 0 Å². The van der Waals surface area contributed by atoms with E-state index in [1.807, 2.05) is 6.92 Å². The van der Waals surface area contributed by atoms with Crippen molar-refractivity contribution in [3.63, 3.8) is 0 Å². The smallest absolute Gasteiger partial charge is 0.109 e. The summed E-state index contributed by atoms with van der Waals surface area (Å²) < 4.78 is 5.06. The summed E-state index contributed by atoms with van der Waals surface area (Å²) in [5.41, 5.74) is 0. The molecule has 2 heteroatoms. The van der Waals surface area contributed by atoms with Crippen LogP contribution in [0.1, 0.15) is 6.92 Å². The molecule has 0 saturated heterocycles. The van der Waals surface area contributed by atoms with E-state index in [0.29, 0.717) is 6.61 Å². The highest BCUT2D eigenvalue weighted by Gasteiger charge is 1.89. The van der Waals surface area contributed by atoms with Gasteiger partial charge in [0, 0.05) is 5.38 Å². The third-order valence-electron chi connectivity index (χ3n) is 0.817. The Morgan fingerprint density at radius 2 is 2.56 bits per heavy atom. The second-order valence-electron chi connectivity index (χ2n) is 1.52. The van der Waals surface area contributed by atoms with Crippen molar-refractivity contribution in [2.75, 3.05) is 6.61 Å². The number of halogens is 1. The van der Waals surface area contributed by atoms with Crippen LogP contribution < -0.4 is 0 Å². The van der Waals surface area contributed by atoms with Crippen molar-refractivity contribution < 1.29 is 4.74 Å². The monoisotopic (exact) mass is 144 g/mol. The maximum Gasteiger partial charge on any atom is 0.109 e. The lowest BCUT2D eigenvalue weighted by Crippen LogP contribution is -2.03. The van der Waals surface area contributed by atoms with Crippen LogP contribution in [-0.4, -0.2) is 12.7 Å². The lowest BCUT2D eigenvalue weighted by atomic mass is 10.4. The summed E-state index contributed by atoms with van der Waals surface area (Å²) in [6.45, 7) is 5.80. The van der Waals surface area contributed by atoms with Gasteiger partial charge in [0.1, 0.15) is 6.61 Å². The Balaban J connectivity index is 3.23. The summed E-state index contributed by atoms with van der Waals surface area (Å²) in [5.74, 6) is 2.56. The molecule has 0 rings (SSSR count). The van der Waals surface area contributed by atoms with Gasteiger partial charge >= 0.3 is 0 Å². The van der Waals surface area contributed by atoms with E-state index in [0.717, 1.165) is 0 Å². The topological polar surface area (TPSA) is 9.23 Å². The standard InChI is InChI=1S/C7H9ClO/c1-3-7(2)9-6-4-5-8/h3,7H,1,6H2,2H3. The predicted octanol–water partition coefficient (Wildman–Crippen LogP) is 1.78. The van der Waals surface area contributed by atoms with Gasteiger partial charge in [0.2, 0.25) is 0 Å². The highest BCUT2D eigenvalue weighted by molar-refractivity contribution is 6.30. The van der Waals surface area contributed by atoms with Crippen molar-refractivity contribution in [2.45, 2.75) is 13.0 Å². The minimum absolute atomic E-state index is 0.0579. The Kier molecular flexibility index (Phi) is 5.40. The molecule has 1 unspecified atom stereocenters. The average Bonchev–Trinajstić information content (AvgIpc) is 1.89. The lowest BCUT2D eigenvalue weighted by molar-refractivity contribution is 0.127. The fourth-order valence-corrected chi connectivity index (χ4v) is 0.323. The first kappa shape index (κ1) is 8.55. The molecular formula is C7H9ClO. The van der Waals surface area contributed by atoms with Gasteiger partial charge in [-0.2, -0.15) is 0 Å². The SMILES string of the molecule is C=CC(C)OCC#CCl. The Labute approximate surface area is 60.7 Å². The largest absolute Gasteiger partial charge is 0.362 e.